The first kappa shape index (κ1) is 14.2. The lowest BCUT2D eigenvalue weighted by Gasteiger charge is -2.25. The molecule has 3 heterocycles. The summed E-state index contributed by atoms with van der Waals surface area (Å²) in [7, 11) is 2.07. The smallest absolute Gasteiger partial charge is 0.275 e. The molecule has 7 heteroatoms. The van der Waals surface area contributed by atoms with E-state index in [1.54, 1.807) is 0 Å². The molecule has 1 saturated heterocycles. The molecule has 2 aliphatic rings. The van der Waals surface area contributed by atoms with Crippen LogP contribution >= 0.6 is 23.4 Å². The molecule has 0 aliphatic carbocycles. The summed E-state index contributed by atoms with van der Waals surface area (Å²) in [5.41, 5.74) is 1.41. The molecule has 1 amide bonds. The lowest BCUT2D eigenvalue weighted by Crippen LogP contribution is -2.38. The quantitative estimate of drug-likeness (QED) is 0.789. The summed E-state index contributed by atoms with van der Waals surface area (Å²) in [5.74, 6) is 1.98. The Morgan fingerprint density at radius 2 is 2.00 bits per heavy atom. The van der Waals surface area contributed by atoms with E-state index in [9.17, 15) is 4.79 Å². The number of hydrogen-bond acceptors (Lipinski definition) is 4. The van der Waals surface area contributed by atoms with E-state index in [1.165, 1.54) is 0 Å². The number of halogens is 1. The Labute approximate surface area is 128 Å². The molecular weight excluding hydrogens is 296 g/mol. The van der Waals surface area contributed by atoms with E-state index in [1.807, 2.05) is 21.3 Å². The van der Waals surface area contributed by atoms with Crippen LogP contribution in [0.2, 0.25) is 5.02 Å². The maximum Gasteiger partial charge on any atom is 0.275 e. The Morgan fingerprint density at radius 3 is 2.75 bits per heavy atom. The van der Waals surface area contributed by atoms with E-state index in [0.29, 0.717) is 10.7 Å². The summed E-state index contributed by atoms with van der Waals surface area (Å²) in [6, 6.07) is 0. The lowest BCUT2D eigenvalue weighted by atomic mass is 10.3. The van der Waals surface area contributed by atoms with Crippen molar-refractivity contribution in [3.05, 3.63) is 16.4 Å². The average molecular weight is 315 g/mol. The number of amides is 1. The molecule has 0 N–H and O–H groups in total. The summed E-state index contributed by atoms with van der Waals surface area (Å²) in [5, 5.41) is 5.02. The van der Waals surface area contributed by atoms with Gasteiger partial charge in [-0.15, -0.1) is 0 Å². The van der Waals surface area contributed by atoms with Crippen molar-refractivity contribution in [2.24, 2.45) is 0 Å². The van der Waals surface area contributed by atoms with Gasteiger partial charge in [0.1, 0.15) is 0 Å². The highest BCUT2D eigenvalue weighted by atomic mass is 35.5. The van der Waals surface area contributed by atoms with Gasteiger partial charge in [-0.25, -0.2) is 0 Å². The Hall–Kier alpha value is -0.720. The van der Waals surface area contributed by atoms with Gasteiger partial charge in [-0.05, 0) is 13.5 Å². The van der Waals surface area contributed by atoms with Crippen LogP contribution < -0.4 is 0 Å². The second-order valence-electron chi connectivity index (χ2n) is 5.33. The van der Waals surface area contributed by atoms with Crippen LogP contribution in [-0.4, -0.2) is 63.7 Å². The normalized spacial score (nSPS) is 20.6. The van der Waals surface area contributed by atoms with Crippen molar-refractivity contribution >= 4 is 29.3 Å². The zero-order valence-electron chi connectivity index (χ0n) is 11.6. The molecule has 3 rings (SSSR count). The van der Waals surface area contributed by atoms with Crippen molar-refractivity contribution in [2.45, 2.75) is 19.5 Å². The summed E-state index contributed by atoms with van der Waals surface area (Å²) in [4.78, 5) is 16.6. The summed E-state index contributed by atoms with van der Waals surface area (Å²) < 4.78 is 1.91. The molecule has 1 fully saturated rings. The van der Waals surface area contributed by atoms with Crippen LogP contribution in [0.15, 0.2) is 0 Å². The van der Waals surface area contributed by atoms with Gasteiger partial charge in [-0.1, -0.05) is 11.6 Å². The van der Waals surface area contributed by atoms with Crippen LogP contribution in [0.4, 0.5) is 0 Å². The molecular formula is C13H19ClN4OS. The second-order valence-corrected chi connectivity index (χ2v) is 6.93. The average Bonchev–Trinajstić information content (AvgIpc) is 2.65. The Bertz CT molecular complexity index is 513. The first-order valence-electron chi connectivity index (χ1n) is 6.97. The van der Waals surface area contributed by atoms with E-state index in [-0.39, 0.29) is 5.91 Å². The molecule has 1 aromatic heterocycles. The van der Waals surface area contributed by atoms with Crippen LogP contribution in [0, 0.1) is 0 Å². The van der Waals surface area contributed by atoms with Crippen molar-refractivity contribution < 1.29 is 4.79 Å². The number of fused-ring (bicyclic) bond motifs is 1. The number of aryl methyl sites for hydroxylation is 1. The molecule has 5 nitrogen and oxygen atoms in total. The minimum Gasteiger partial charge on any atom is -0.336 e. The van der Waals surface area contributed by atoms with Crippen LogP contribution in [-0.2, 0) is 13.1 Å². The number of rotatable bonds is 1. The minimum atomic E-state index is -0.0153. The van der Waals surface area contributed by atoms with Gasteiger partial charge in [0.15, 0.2) is 5.69 Å². The third kappa shape index (κ3) is 2.69. The number of thioether (sulfide) groups is 1. The predicted molar refractivity (Wildman–Crippen MR) is 81.4 cm³/mol. The number of nitrogens with zero attached hydrogens (tertiary/aromatic N) is 4. The number of carbonyl (C=O) groups excluding carboxylic acids is 1. The van der Waals surface area contributed by atoms with Crippen LogP contribution in [0.5, 0.6) is 0 Å². The first-order chi connectivity index (χ1) is 9.66. The van der Waals surface area contributed by atoms with Crippen LogP contribution in [0.1, 0.15) is 22.6 Å². The van der Waals surface area contributed by atoms with E-state index in [2.05, 4.69) is 17.0 Å². The van der Waals surface area contributed by atoms with Gasteiger partial charge in [-0.3, -0.25) is 9.48 Å². The topological polar surface area (TPSA) is 41.4 Å². The van der Waals surface area contributed by atoms with Crippen molar-refractivity contribution in [3.63, 3.8) is 0 Å². The fraction of sp³-hybridized carbons (Fsp3) is 0.692. The maximum absolute atomic E-state index is 12.5. The Kier molecular flexibility index (Phi) is 4.23. The minimum absolute atomic E-state index is 0.0153. The highest BCUT2D eigenvalue weighted by Crippen LogP contribution is 2.26. The molecule has 1 aromatic rings. The van der Waals surface area contributed by atoms with Gasteiger partial charge in [0.2, 0.25) is 0 Å². The fourth-order valence-corrected chi connectivity index (χ4v) is 3.87. The Balaban J connectivity index is 1.87. The van der Waals surface area contributed by atoms with E-state index < -0.39 is 0 Å². The van der Waals surface area contributed by atoms with Crippen molar-refractivity contribution in [3.8, 4) is 0 Å². The zero-order valence-corrected chi connectivity index (χ0v) is 13.2. The Morgan fingerprint density at radius 1 is 1.25 bits per heavy atom. The van der Waals surface area contributed by atoms with Gasteiger partial charge >= 0.3 is 0 Å². The standard InChI is InChI=1S/C13H19ClN4OS/c1-16-3-2-4-18-10(9-16)11(14)12(15-18)13(19)17-5-7-20-8-6-17/h2-9H2,1H3. The highest BCUT2D eigenvalue weighted by Gasteiger charge is 2.27. The molecule has 0 radical (unpaired) electrons. The van der Waals surface area contributed by atoms with Crippen LogP contribution in [0.25, 0.3) is 0 Å². The van der Waals surface area contributed by atoms with Crippen molar-refractivity contribution in [2.75, 3.05) is 38.2 Å². The molecule has 0 atom stereocenters. The van der Waals surface area contributed by atoms with Gasteiger partial charge < -0.3 is 9.80 Å². The SMILES string of the molecule is CN1CCCn2nc(C(=O)N3CCSCC3)c(Cl)c2C1. The predicted octanol–water partition coefficient (Wildman–Crippen LogP) is 1.56. The molecule has 0 aromatic carbocycles. The molecule has 0 bridgehead atoms. The molecule has 110 valence electrons. The lowest BCUT2D eigenvalue weighted by molar-refractivity contribution is 0.0765. The van der Waals surface area contributed by atoms with E-state index in [4.69, 9.17) is 11.6 Å². The molecule has 0 unspecified atom stereocenters. The number of carbonyl (C=O) groups is 1. The molecule has 0 saturated carbocycles. The van der Waals surface area contributed by atoms with Crippen LogP contribution in [0.3, 0.4) is 0 Å². The van der Waals surface area contributed by atoms with E-state index >= 15 is 0 Å². The molecule has 0 spiro atoms. The zero-order chi connectivity index (χ0) is 14.1. The third-order valence-electron chi connectivity index (χ3n) is 3.82. The second kappa shape index (κ2) is 5.95. The van der Waals surface area contributed by atoms with Crippen molar-refractivity contribution in [1.82, 2.24) is 19.6 Å². The first-order valence-corrected chi connectivity index (χ1v) is 8.51. The fourth-order valence-electron chi connectivity index (χ4n) is 2.69. The van der Waals surface area contributed by atoms with E-state index in [0.717, 1.165) is 56.3 Å². The van der Waals surface area contributed by atoms with Gasteiger partial charge in [-0.2, -0.15) is 16.9 Å². The monoisotopic (exact) mass is 314 g/mol. The number of aromatic nitrogens is 2. The summed E-state index contributed by atoms with van der Waals surface area (Å²) in [6.45, 7) is 4.22. The third-order valence-corrected chi connectivity index (χ3v) is 5.16. The van der Waals surface area contributed by atoms with Crippen molar-refractivity contribution in [1.29, 1.82) is 0 Å². The molecule has 2 aliphatic heterocycles. The van der Waals surface area contributed by atoms with Gasteiger partial charge in [0.05, 0.1) is 10.7 Å². The summed E-state index contributed by atoms with van der Waals surface area (Å²) >= 11 is 8.32. The maximum atomic E-state index is 12.5. The van der Waals surface area contributed by atoms with Gasteiger partial charge in [0.25, 0.3) is 5.91 Å². The summed E-state index contributed by atoms with van der Waals surface area (Å²) in [6.07, 6.45) is 1.04. The largest absolute Gasteiger partial charge is 0.336 e. The van der Waals surface area contributed by atoms with Gasteiger partial charge in [0, 0.05) is 44.2 Å². The number of hydrogen-bond donors (Lipinski definition) is 0. The highest BCUT2D eigenvalue weighted by molar-refractivity contribution is 7.99. The molecule has 20 heavy (non-hydrogen) atoms.